The second-order valence-electron chi connectivity index (χ2n) is 5.24. The topological polar surface area (TPSA) is 113 Å². The smallest absolute Gasteiger partial charge is 0.318 e. The number of hydrogen-bond acceptors (Lipinski definition) is 3. The lowest BCUT2D eigenvalue weighted by Crippen LogP contribution is -2.53. The predicted octanol–water partition coefficient (Wildman–Crippen LogP) is 0.000900. The number of likely N-dealkylation sites (tertiary alicyclic amines) is 1. The minimum atomic E-state index is -0.905. The van der Waals surface area contributed by atoms with E-state index in [1.807, 2.05) is 0 Å². The second-order valence-corrected chi connectivity index (χ2v) is 5.24. The van der Waals surface area contributed by atoms with Crippen molar-refractivity contribution in [2.24, 2.45) is 17.6 Å². The average molecular weight is 271 g/mol. The molecule has 0 bridgehead atoms. The van der Waals surface area contributed by atoms with Crippen molar-refractivity contribution in [2.75, 3.05) is 6.54 Å². The lowest BCUT2D eigenvalue weighted by molar-refractivity contribution is -0.142. The number of carboxylic acid groups (broad SMARTS) is 1. The summed E-state index contributed by atoms with van der Waals surface area (Å²) in [6, 6.07) is -1.57. The summed E-state index contributed by atoms with van der Waals surface area (Å²) in [6.45, 7) is 5.62. The van der Waals surface area contributed by atoms with Crippen molar-refractivity contribution in [1.29, 1.82) is 0 Å². The Hall–Kier alpha value is -1.79. The largest absolute Gasteiger partial charge is 0.481 e. The van der Waals surface area contributed by atoms with Gasteiger partial charge in [-0.15, -0.1) is 0 Å². The van der Waals surface area contributed by atoms with Gasteiger partial charge in [-0.1, -0.05) is 13.8 Å². The Bertz CT molecular complexity index is 383. The van der Waals surface area contributed by atoms with E-state index in [1.165, 1.54) is 4.90 Å². The standard InChI is InChI=1S/C12H21N3O4/c1-6(2)9(10(13)16)14-12(19)15-5-4-8(7(15)3)11(17)18/h6-9H,4-5H2,1-3H3,(H2,13,16)(H,14,19)(H,17,18). The van der Waals surface area contributed by atoms with Gasteiger partial charge >= 0.3 is 12.0 Å². The van der Waals surface area contributed by atoms with Gasteiger partial charge in [-0.25, -0.2) is 4.79 Å². The fraction of sp³-hybridized carbons (Fsp3) is 0.750. The normalized spacial score (nSPS) is 24.3. The zero-order valence-electron chi connectivity index (χ0n) is 11.4. The quantitative estimate of drug-likeness (QED) is 0.668. The highest BCUT2D eigenvalue weighted by molar-refractivity contribution is 5.86. The number of hydrogen-bond donors (Lipinski definition) is 3. The number of carboxylic acids is 1. The summed E-state index contributed by atoms with van der Waals surface area (Å²) in [5.41, 5.74) is 5.23. The summed E-state index contributed by atoms with van der Waals surface area (Å²) in [4.78, 5) is 35.7. The highest BCUT2D eigenvalue weighted by atomic mass is 16.4. The molecular weight excluding hydrogens is 250 g/mol. The Morgan fingerprint density at radius 2 is 1.95 bits per heavy atom. The molecule has 0 radical (unpaired) electrons. The van der Waals surface area contributed by atoms with E-state index in [-0.39, 0.29) is 5.92 Å². The van der Waals surface area contributed by atoms with Gasteiger partial charge in [-0.2, -0.15) is 0 Å². The molecule has 108 valence electrons. The molecule has 1 saturated heterocycles. The van der Waals surface area contributed by atoms with Gasteiger partial charge in [0.15, 0.2) is 0 Å². The van der Waals surface area contributed by atoms with Crippen molar-refractivity contribution in [3.05, 3.63) is 0 Å². The van der Waals surface area contributed by atoms with E-state index in [2.05, 4.69) is 5.32 Å². The summed E-state index contributed by atoms with van der Waals surface area (Å²) < 4.78 is 0. The number of amides is 3. The maximum atomic E-state index is 12.1. The Morgan fingerprint density at radius 1 is 1.37 bits per heavy atom. The lowest BCUT2D eigenvalue weighted by atomic mass is 10.0. The highest BCUT2D eigenvalue weighted by Gasteiger charge is 2.39. The van der Waals surface area contributed by atoms with Crippen LogP contribution >= 0.6 is 0 Å². The third-order valence-corrected chi connectivity index (χ3v) is 3.59. The molecule has 1 aliphatic heterocycles. The van der Waals surface area contributed by atoms with Crippen molar-refractivity contribution in [1.82, 2.24) is 10.2 Å². The van der Waals surface area contributed by atoms with Crippen LogP contribution in [0.3, 0.4) is 0 Å². The summed E-state index contributed by atoms with van der Waals surface area (Å²) in [7, 11) is 0. The minimum absolute atomic E-state index is 0.116. The Kier molecular flexibility index (Phi) is 4.74. The first kappa shape index (κ1) is 15.3. The average Bonchev–Trinajstić information content (AvgIpc) is 2.66. The molecule has 0 aromatic heterocycles. The van der Waals surface area contributed by atoms with Gasteiger partial charge < -0.3 is 21.1 Å². The number of aliphatic carboxylic acids is 1. The molecule has 1 aliphatic rings. The van der Waals surface area contributed by atoms with Gasteiger partial charge in [0, 0.05) is 12.6 Å². The number of nitrogens with one attached hydrogen (secondary N) is 1. The molecule has 4 N–H and O–H groups in total. The Balaban J connectivity index is 2.69. The number of urea groups is 1. The maximum absolute atomic E-state index is 12.1. The zero-order valence-corrected chi connectivity index (χ0v) is 11.4. The van der Waals surface area contributed by atoms with Crippen LogP contribution in [0.4, 0.5) is 4.79 Å². The molecule has 0 spiro atoms. The van der Waals surface area contributed by atoms with E-state index in [1.54, 1.807) is 20.8 Å². The summed E-state index contributed by atoms with van der Waals surface area (Å²) in [5.74, 6) is -2.17. The minimum Gasteiger partial charge on any atom is -0.481 e. The molecule has 3 amide bonds. The second kappa shape index (κ2) is 5.90. The van der Waals surface area contributed by atoms with Gasteiger partial charge in [0.05, 0.1) is 5.92 Å². The number of nitrogens with two attached hydrogens (primary N) is 1. The SMILES string of the molecule is CC(C)C(NC(=O)N1CCC(C(=O)O)C1C)C(N)=O. The predicted molar refractivity (Wildman–Crippen MR) is 68.3 cm³/mol. The summed E-state index contributed by atoms with van der Waals surface area (Å²) >= 11 is 0. The van der Waals surface area contributed by atoms with E-state index in [0.29, 0.717) is 13.0 Å². The van der Waals surface area contributed by atoms with Crippen LogP contribution in [0.2, 0.25) is 0 Å². The molecule has 7 nitrogen and oxygen atoms in total. The van der Waals surface area contributed by atoms with Gasteiger partial charge in [0.2, 0.25) is 5.91 Å². The van der Waals surface area contributed by atoms with E-state index >= 15 is 0 Å². The molecule has 1 fully saturated rings. The lowest BCUT2D eigenvalue weighted by Gasteiger charge is -2.27. The molecule has 0 aliphatic carbocycles. The maximum Gasteiger partial charge on any atom is 0.318 e. The van der Waals surface area contributed by atoms with E-state index in [0.717, 1.165) is 0 Å². The number of rotatable bonds is 4. The van der Waals surface area contributed by atoms with Crippen LogP contribution in [0.25, 0.3) is 0 Å². The number of nitrogens with zero attached hydrogens (tertiary/aromatic N) is 1. The molecule has 3 unspecified atom stereocenters. The van der Waals surface area contributed by atoms with Crippen molar-refractivity contribution < 1.29 is 19.5 Å². The Labute approximate surface area is 112 Å². The highest BCUT2D eigenvalue weighted by Crippen LogP contribution is 2.24. The van der Waals surface area contributed by atoms with Gasteiger partial charge in [-0.3, -0.25) is 9.59 Å². The molecule has 0 aromatic carbocycles. The number of carbonyl (C=O) groups is 3. The third-order valence-electron chi connectivity index (χ3n) is 3.59. The molecule has 0 saturated carbocycles. The molecule has 0 aromatic rings. The van der Waals surface area contributed by atoms with E-state index in [4.69, 9.17) is 10.8 Å². The van der Waals surface area contributed by atoms with Crippen molar-refractivity contribution in [3.8, 4) is 0 Å². The molecule has 3 atom stereocenters. The van der Waals surface area contributed by atoms with Crippen LogP contribution in [0.1, 0.15) is 27.2 Å². The summed E-state index contributed by atoms with van der Waals surface area (Å²) in [6.07, 6.45) is 0.423. The van der Waals surface area contributed by atoms with Crippen molar-refractivity contribution in [3.63, 3.8) is 0 Å². The van der Waals surface area contributed by atoms with Crippen LogP contribution in [-0.4, -0.2) is 46.5 Å². The third kappa shape index (κ3) is 3.36. The van der Waals surface area contributed by atoms with Crippen molar-refractivity contribution in [2.45, 2.75) is 39.3 Å². The first-order chi connectivity index (χ1) is 8.75. The monoisotopic (exact) mass is 271 g/mol. The van der Waals surface area contributed by atoms with Crippen LogP contribution < -0.4 is 11.1 Å². The fourth-order valence-electron chi connectivity index (χ4n) is 2.34. The van der Waals surface area contributed by atoms with E-state index < -0.39 is 35.9 Å². The van der Waals surface area contributed by atoms with Crippen LogP contribution in [0, 0.1) is 11.8 Å². The van der Waals surface area contributed by atoms with Crippen LogP contribution in [-0.2, 0) is 9.59 Å². The van der Waals surface area contributed by atoms with E-state index in [9.17, 15) is 14.4 Å². The van der Waals surface area contributed by atoms with Crippen LogP contribution in [0.5, 0.6) is 0 Å². The van der Waals surface area contributed by atoms with Gasteiger partial charge in [0.25, 0.3) is 0 Å². The molecule has 7 heteroatoms. The van der Waals surface area contributed by atoms with Gasteiger partial charge in [-0.05, 0) is 19.3 Å². The molecule has 1 heterocycles. The molecular formula is C12H21N3O4. The van der Waals surface area contributed by atoms with Gasteiger partial charge in [0.1, 0.15) is 6.04 Å². The number of primary amides is 1. The Morgan fingerprint density at radius 3 is 2.32 bits per heavy atom. The first-order valence-corrected chi connectivity index (χ1v) is 6.35. The summed E-state index contributed by atoms with van der Waals surface area (Å²) in [5, 5.41) is 11.6. The molecule has 19 heavy (non-hydrogen) atoms. The van der Waals surface area contributed by atoms with Crippen molar-refractivity contribution >= 4 is 17.9 Å². The zero-order chi connectivity index (χ0) is 14.7. The number of carbonyl (C=O) groups excluding carboxylic acids is 2. The molecule has 1 rings (SSSR count). The van der Waals surface area contributed by atoms with Crippen LogP contribution in [0.15, 0.2) is 0 Å². The fourth-order valence-corrected chi connectivity index (χ4v) is 2.34. The first-order valence-electron chi connectivity index (χ1n) is 6.35.